The number of nitrogens with zero attached hydrogens (tertiary/aromatic N) is 2. The van der Waals surface area contributed by atoms with Crippen LogP contribution >= 0.6 is 23.1 Å². The molecule has 5 nitrogen and oxygen atoms in total. The number of carbonyl (C=O) groups excluding carboxylic acids is 1. The van der Waals surface area contributed by atoms with E-state index < -0.39 is 0 Å². The second kappa shape index (κ2) is 6.84. The Labute approximate surface area is 116 Å². The molecule has 1 rings (SSSR count). The largest absolute Gasteiger partial charge is 0.382 e. The number of anilines is 2. The molecule has 1 aromatic heterocycles. The van der Waals surface area contributed by atoms with Gasteiger partial charge in [0.05, 0.1) is 0 Å². The van der Waals surface area contributed by atoms with Gasteiger partial charge >= 0.3 is 0 Å². The molecule has 0 radical (unpaired) electrons. The van der Waals surface area contributed by atoms with E-state index >= 15 is 0 Å². The average Bonchev–Trinajstić information content (AvgIpc) is 2.69. The fourth-order valence-electron chi connectivity index (χ4n) is 1.36. The van der Waals surface area contributed by atoms with Crippen molar-refractivity contribution in [1.82, 2.24) is 10.3 Å². The Bertz CT molecular complexity index is 406. The van der Waals surface area contributed by atoms with E-state index in [1.807, 2.05) is 19.0 Å². The van der Waals surface area contributed by atoms with Crippen LogP contribution in [0.3, 0.4) is 0 Å². The molecule has 0 saturated carbocycles. The number of amides is 1. The van der Waals surface area contributed by atoms with Gasteiger partial charge in [0, 0.05) is 20.6 Å². The van der Waals surface area contributed by atoms with Crippen molar-refractivity contribution in [2.75, 3.05) is 43.3 Å². The van der Waals surface area contributed by atoms with Crippen LogP contribution in [-0.4, -0.2) is 43.5 Å². The van der Waals surface area contributed by atoms with Crippen LogP contribution < -0.4 is 16.0 Å². The summed E-state index contributed by atoms with van der Waals surface area (Å²) in [6.45, 7) is 2.77. The molecule has 0 aliphatic rings. The van der Waals surface area contributed by atoms with Gasteiger partial charge in [-0.1, -0.05) is 18.3 Å². The number of thioether (sulfide) groups is 1. The Morgan fingerprint density at radius 1 is 1.61 bits per heavy atom. The maximum absolute atomic E-state index is 12.0. The van der Waals surface area contributed by atoms with E-state index in [1.165, 1.54) is 11.3 Å². The Balaban J connectivity index is 2.61. The molecule has 1 heterocycles. The summed E-state index contributed by atoms with van der Waals surface area (Å²) in [5.74, 6) is 1.65. The highest BCUT2D eigenvalue weighted by Gasteiger charge is 2.17. The van der Waals surface area contributed by atoms with Gasteiger partial charge in [-0.15, -0.1) is 0 Å². The molecule has 0 spiro atoms. The van der Waals surface area contributed by atoms with Crippen LogP contribution in [0.4, 0.5) is 10.9 Å². The van der Waals surface area contributed by atoms with Crippen molar-refractivity contribution in [3.63, 3.8) is 0 Å². The molecule has 0 fully saturated rings. The summed E-state index contributed by atoms with van der Waals surface area (Å²) < 4.78 is 0. The van der Waals surface area contributed by atoms with Crippen LogP contribution in [0.5, 0.6) is 0 Å². The van der Waals surface area contributed by atoms with E-state index in [9.17, 15) is 4.79 Å². The molecule has 0 aromatic carbocycles. The van der Waals surface area contributed by atoms with Crippen LogP contribution in [0.2, 0.25) is 0 Å². The van der Waals surface area contributed by atoms with Gasteiger partial charge in [-0.2, -0.15) is 11.8 Å². The maximum atomic E-state index is 12.0. The normalized spacial score (nSPS) is 12.2. The molecule has 1 aromatic rings. The van der Waals surface area contributed by atoms with Crippen molar-refractivity contribution in [1.29, 1.82) is 0 Å². The number of nitrogen functional groups attached to an aromatic ring is 1. The quantitative estimate of drug-likeness (QED) is 0.830. The van der Waals surface area contributed by atoms with Crippen molar-refractivity contribution in [3.05, 3.63) is 4.88 Å². The van der Waals surface area contributed by atoms with Gasteiger partial charge in [0.1, 0.15) is 10.7 Å². The lowest BCUT2D eigenvalue weighted by atomic mass is 10.2. The van der Waals surface area contributed by atoms with Crippen LogP contribution in [0.1, 0.15) is 16.6 Å². The molecule has 1 amide bonds. The summed E-state index contributed by atoms with van der Waals surface area (Å²) >= 11 is 3.09. The molecule has 102 valence electrons. The lowest BCUT2D eigenvalue weighted by Crippen LogP contribution is -2.29. The Morgan fingerprint density at radius 2 is 2.28 bits per heavy atom. The summed E-state index contributed by atoms with van der Waals surface area (Å²) in [5, 5.41) is 3.64. The number of rotatable bonds is 6. The van der Waals surface area contributed by atoms with Crippen LogP contribution in [0, 0.1) is 5.92 Å². The fraction of sp³-hybridized carbons (Fsp3) is 0.636. The third-order valence-electron chi connectivity index (χ3n) is 2.29. The topological polar surface area (TPSA) is 71.2 Å². The summed E-state index contributed by atoms with van der Waals surface area (Å²) in [6, 6.07) is 0. The van der Waals surface area contributed by atoms with Crippen LogP contribution in [0.25, 0.3) is 0 Å². The first kappa shape index (κ1) is 15.1. The third-order valence-corrected chi connectivity index (χ3v) is 4.43. The van der Waals surface area contributed by atoms with E-state index in [2.05, 4.69) is 23.5 Å². The Morgan fingerprint density at radius 3 is 2.78 bits per heavy atom. The molecule has 1 atom stereocenters. The number of nitrogens with one attached hydrogen (secondary N) is 1. The van der Waals surface area contributed by atoms with Gasteiger partial charge in [0.25, 0.3) is 5.91 Å². The number of aromatic nitrogens is 1. The van der Waals surface area contributed by atoms with E-state index in [0.29, 0.717) is 23.2 Å². The third kappa shape index (κ3) is 4.06. The Hall–Kier alpha value is -0.950. The van der Waals surface area contributed by atoms with Crippen molar-refractivity contribution in [2.45, 2.75) is 6.92 Å². The van der Waals surface area contributed by atoms with Crippen molar-refractivity contribution >= 4 is 40.0 Å². The minimum atomic E-state index is -0.133. The molecule has 0 aliphatic carbocycles. The monoisotopic (exact) mass is 288 g/mol. The number of hydrogen-bond donors (Lipinski definition) is 2. The minimum absolute atomic E-state index is 0.133. The molecular formula is C11H20N4OS2. The van der Waals surface area contributed by atoms with Crippen LogP contribution in [-0.2, 0) is 0 Å². The molecular weight excluding hydrogens is 268 g/mol. The number of carbonyl (C=O) groups is 1. The first-order chi connectivity index (χ1) is 8.45. The molecule has 1 unspecified atom stereocenters. The van der Waals surface area contributed by atoms with E-state index in [-0.39, 0.29) is 5.91 Å². The smallest absolute Gasteiger partial charge is 0.265 e. The summed E-state index contributed by atoms with van der Waals surface area (Å²) in [5.41, 5.74) is 5.75. The van der Waals surface area contributed by atoms with Crippen LogP contribution in [0.15, 0.2) is 0 Å². The molecule has 18 heavy (non-hydrogen) atoms. The first-order valence-electron chi connectivity index (χ1n) is 5.66. The lowest BCUT2D eigenvalue weighted by molar-refractivity contribution is 0.0954. The van der Waals surface area contributed by atoms with Gasteiger partial charge < -0.3 is 16.0 Å². The maximum Gasteiger partial charge on any atom is 0.265 e. The minimum Gasteiger partial charge on any atom is -0.382 e. The van der Waals surface area contributed by atoms with Crippen molar-refractivity contribution in [2.24, 2.45) is 5.92 Å². The predicted molar refractivity (Wildman–Crippen MR) is 80.7 cm³/mol. The Kier molecular flexibility index (Phi) is 5.74. The van der Waals surface area contributed by atoms with Gasteiger partial charge in [0.15, 0.2) is 5.13 Å². The number of hydrogen-bond acceptors (Lipinski definition) is 6. The zero-order valence-corrected chi connectivity index (χ0v) is 12.8. The standard InChI is InChI=1S/C11H20N4OS2/c1-7(6-17-4)5-13-10(16)8-9(12)14-11(18-8)15(2)3/h7H,5-6,12H2,1-4H3,(H,13,16). The summed E-state index contributed by atoms with van der Waals surface area (Å²) in [7, 11) is 3.75. The van der Waals surface area contributed by atoms with Gasteiger partial charge in [-0.3, -0.25) is 4.79 Å². The number of thiazole rings is 1. The number of nitrogens with two attached hydrogens (primary N) is 1. The van der Waals surface area contributed by atoms with Crippen molar-refractivity contribution < 1.29 is 4.79 Å². The fourth-order valence-corrected chi connectivity index (χ4v) is 2.88. The molecule has 0 aliphatic heterocycles. The zero-order chi connectivity index (χ0) is 13.7. The average molecular weight is 288 g/mol. The van der Waals surface area contributed by atoms with Gasteiger partial charge in [-0.25, -0.2) is 4.98 Å². The summed E-state index contributed by atoms with van der Waals surface area (Å²) in [6.07, 6.45) is 2.06. The second-order valence-electron chi connectivity index (χ2n) is 4.38. The second-order valence-corrected chi connectivity index (χ2v) is 6.26. The highest BCUT2D eigenvalue weighted by molar-refractivity contribution is 7.98. The predicted octanol–water partition coefficient (Wildman–Crippen LogP) is 1.52. The van der Waals surface area contributed by atoms with Gasteiger partial charge in [0.2, 0.25) is 0 Å². The van der Waals surface area contributed by atoms with Crippen molar-refractivity contribution in [3.8, 4) is 0 Å². The summed E-state index contributed by atoms with van der Waals surface area (Å²) in [4.78, 5) is 18.5. The molecule has 0 saturated heterocycles. The van der Waals surface area contributed by atoms with Gasteiger partial charge in [-0.05, 0) is 17.9 Å². The van der Waals surface area contributed by atoms with E-state index in [0.717, 1.165) is 10.9 Å². The molecule has 7 heteroatoms. The first-order valence-corrected chi connectivity index (χ1v) is 7.87. The lowest BCUT2D eigenvalue weighted by Gasteiger charge is -2.10. The highest BCUT2D eigenvalue weighted by atomic mass is 32.2. The van der Waals surface area contributed by atoms with E-state index in [4.69, 9.17) is 5.73 Å². The molecule has 3 N–H and O–H groups in total. The highest BCUT2D eigenvalue weighted by Crippen LogP contribution is 2.26. The molecule has 0 bridgehead atoms. The SMILES string of the molecule is CSCC(C)CNC(=O)c1sc(N(C)C)nc1N. The van der Waals surface area contributed by atoms with E-state index in [1.54, 1.807) is 11.8 Å². The zero-order valence-electron chi connectivity index (χ0n) is 11.2.